The van der Waals surface area contributed by atoms with E-state index in [2.05, 4.69) is 15.0 Å². The number of rotatable bonds is 6. The molecule has 0 saturated heterocycles. The van der Waals surface area contributed by atoms with Gasteiger partial charge < -0.3 is 10.5 Å². The van der Waals surface area contributed by atoms with Crippen molar-refractivity contribution in [2.45, 2.75) is 23.2 Å². The highest BCUT2D eigenvalue weighted by Crippen LogP contribution is 2.43. The van der Waals surface area contributed by atoms with Crippen LogP contribution in [-0.2, 0) is 10.0 Å². The molecule has 1 unspecified atom stereocenters. The lowest BCUT2D eigenvalue weighted by Crippen LogP contribution is -2.25. The van der Waals surface area contributed by atoms with Crippen molar-refractivity contribution < 1.29 is 26.3 Å². The maximum atomic E-state index is 13.2. The highest BCUT2D eigenvalue weighted by atomic mass is 32.2. The number of sulfonamides is 1. The van der Waals surface area contributed by atoms with E-state index in [9.17, 15) is 21.6 Å². The average molecular weight is 400 g/mol. The summed E-state index contributed by atoms with van der Waals surface area (Å²) in [5.74, 6) is -1.76. The predicted octanol–water partition coefficient (Wildman–Crippen LogP) is 3.52. The first-order valence-corrected chi connectivity index (χ1v) is 9.13. The van der Waals surface area contributed by atoms with Crippen LogP contribution >= 0.6 is 0 Å². The lowest BCUT2D eigenvalue weighted by Gasteiger charge is -2.18. The smallest absolute Gasteiger partial charge is 0.399 e. The Morgan fingerprint density at radius 1 is 1.15 bits per heavy atom. The Balaban J connectivity index is 1.85. The van der Waals surface area contributed by atoms with E-state index in [0.29, 0.717) is 0 Å². The van der Waals surface area contributed by atoms with Gasteiger partial charge in [-0.15, -0.1) is 0 Å². The molecule has 0 amide bonds. The number of benzene rings is 2. The molecule has 7 nitrogen and oxygen atoms in total. The van der Waals surface area contributed by atoms with E-state index in [4.69, 9.17) is 10.5 Å². The molecule has 11 heteroatoms. The van der Waals surface area contributed by atoms with Gasteiger partial charge in [-0.1, -0.05) is 12.1 Å². The second kappa shape index (κ2) is 6.72. The lowest BCUT2D eigenvalue weighted by molar-refractivity contribution is -0.151. The zero-order chi connectivity index (χ0) is 19.8. The van der Waals surface area contributed by atoms with E-state index in [-0.39, 0.29) is 27.6 Å². The molecule has 0 spiro atoms. The third-order valence-corrected chi connectivity index (χ3v) is 5.30. The van der Waals surface area contributed by atoms with Crippen molar-refractivity contribution >= 4 is 21.4 Å². The van der Waals surface area contributed by atoms with Crippen molar-refractivity contribution in [3.8, 4) is 5.75 Å². The summed E-state index contributed by atoms with van der Waals surface area (Å²) in [5.41, 5.74) is 5.89. The summed E-state index contributed by atoms with van der Waals surface area (Å²) < 4.78 is 71.9. The Labute approximate surface area is 153 Å². The zero-order valence-corrected chi connectivity index (χ0v) is 14.8. The van der Waals surface area contributed by atoms with Crippen molar-refractivity contribution in [2.75, 3.05) is 17.6 Å². The summed E-state index contributed by atoms with van der Waals surface area (Å²) in [6.45, 7) is 0. The molecule has 0 saturated carbocycles. The molecular formula is C16H15F3N4O3S. The van der Waals surface area contributed by atoms with E-state index in [1.165, 1.54) is 49.6 Å². The average Bonchev–Trinajstić information content (AvgIpc) is 3.40. The van der Waals surface area contributed by atoms with Crippen LogP contribution in [0.25, 0.3) is 0 Å². The van der Waals surface area contributed by atoms with Gasteiger partial charge in [0.25, 0.3) is 10.0 Å². The van der Waals surface area contributed by atoms with E-state index in [1.807, 2.05) is 0 Å². The maximum Gasteiger partial charge on any atom is 0.399 e. The number of hydrogen-bond donors (Lipinski definition) is 2. The first kappa shape index (κ1) is 19.0. The number of ether oxygens (including phenoxy) is 1. The molecule has 0 radical (unpaired) electrons. The predicted molar refractivity (Wildman–Crippen MR) is 92.1 cm³/mol. The molecule has 27 heavy (non-hydrogen) atoms. The Kier molecular flexibility index (Phi) is 4.72. The van der Waals surface area contributed by atoms with Crippen LogP contribution in [0.5, 0.6) is 5.75 Å². The number of methoxy groups -OCH3 is 1. The Morgan fingerprint density at radius 2 is 1.78 bits per heavy atom. The van der Waals surface area contributed by atoms with Gasteiger partial charge >= 0.3 is 6.18 Å². The topological polar surface area (TPSA) is 106 Å². The maximum absolute atomic E-state index is 13.2. The molecule has 1 atom stereocenters. The van der Waals surface area contributed by atoms with Crippen LogP contribution in [0.1, 0.15) is 11.5 Å². The first-order chi connectivity index (χ1) is 12.6. The van der Waals surface area contributed by atoms with Gasteiger partial charge in [-0.05, 0) is 35.9 Å². The molecule has 0 aliphatic carbocycles. The van der Waals surface area contributed by atoms with Crippen molar-refractivity contribution in [3.05, 3.63) is 48.0 Å². The zero-order valence-electron chi connectivity index (χ0n) is 13.9. The van der Waals surface area contributed by atoms with Gasteiger partial charge in [0.1, 0.15) is 16.6 Å². The summed E-state index contributed by atoms with van der Waals surface area (Å²) >= 11 is 0. The van der Waals surface area contributed by atoms with Crippen LogP contribution in [0.4, 0.5) is 24.5 Å². The molecule has 2 aromatic carbocycles. The summed E-state index contributed by atoms with van der Waals surface area (Å²) in [6.07, 6.45) is -5.66. The van der Waals surface area contributed by atoms with E-state index >= 15 is 0 Å². The van der Waals surface area contributed by atoms with Gasteiger partial charge in [-0.2, -0.15) is 23.4 Å². The normalized spacial score (nSPS) is 15.4. The number of nitrogen functional groups attached to an aromatic ring is 1. The van der Waals surface area contributed by atoms with E-state index < -0.39 is 28.3 Å². The second-order valence-corrected chi connectivity index (χ2v) is 7.45. The third-order valence-electron chi connectivity index (χ3n) is 3.90. The SMILES string of the molecule is COc1ccc(N)cc1S(=O)(=O)Nc1ccc(C(C2N=N2)C(F)(F)F)cc1. The van der Waals surface area contributed by atoms with Gasteiger partial charge in [0.2, 0.25) is 0 Å². The van der Waals surface area contributed by atoms with Gasteiger partial charge in [0.05, 0.1) is 7.11 Å². The van der Waals surface area contributed by atoms with Gasteiger partial charge in [0, 0.05) is 11.4 Å². The molecule has 3 rings (SSSR count). The molecule has 2 aromatic rings. The van der Waals surface area contributed by atoms with E-state index in [0.717, 1.165) is 0 Å². The molecule has 3 N–H and O–H groups in total. The molecule has 1 heterocycles. The Bertz CT molecular complexity index is 969. The summed E-state index contributed by atoms with van der Waals surface area (Å²) in [4.78, 5) is -0.183. The quantitative estimate of drug-likeness (QED) is 0.724. The van der Waals surface area contributed by atoms with E-state index in [1.54, 1.807) is 0 Å². The number of nitrogens with zero attached hydrogens (tertiary/aromatic N) is 2. The number of anilines is 2. The van der Waals surface area contributed by atoms with Gasteiger partial charge in [-0.3, -0.25) is 4.72 Å². The van der Waals surface area contributed by atoms with Crippen LogP contribution in [0.2, 0.25) is 0 Å². The summed E-state index contributed by atoms with van der Waals surface area (Å²) in [7, 11) is -2.75. The number of nitrogens with one attached hydrogen (secondary N) is 1. The highest BCUT2D eigenvalue weighted by Gasteiger charge is 2.49. The monoisotopic (exact) mass is 400 g/mol. The lowest BCUT2D eigenvalue weighted by atomic mass is 9.97. The minimum absolute atomic E-state index is 0.0537. The second-order valence-electron chi connectivity index (χ2n) is 5.80. The molecular weight excluding hydrogens is 385 g/mol. The fraction of sp³-hybridized carbons (Fsp3) is 0.250. The number of hydrogen-bond acceptors (Lipinski definition) is 6. The van der Waals surface area contributed by atoms with Gasteiger partial charge in [-0.25, -0.2) is 8.42 Å². The summed E-state index contributed by atoms with van der Waals surface area (Å²) in [6, 6.07) is 8.98. The Morgan fingerprint density at radius 3 is 2.30 bits per heavy atom. The van der Waals surface area contributed by atoms with Crippen LogP contribution in [0.3, 0.4) is 0 Å². The fourth-order valence-corrected chi connectivity index (χ4v) is 3.84. The summed E-state index contributed by atoms with van der Waals surface area (Å²) in [5, 5.41) is 6.72. The van der Waals surface area contributed by atoms with Crippen LogP contribution in [0, 0.1) is 0 Å². The minimum Gasteiger partial charge on any atom is -0.495 e. The molecule has 144 valence electrons. The van der Waals surface area contributed by atoms with Crippen molar-refractivity contribution in [3.63, 3.8) is 0 Å². The van der Waals surface area contributed by atoms with Crippen molar-refractivity contribution in [2.24, 2.45) is 10.2 Å². The molecule has 1 aliphatic heterocycles. The van der Waals surface area contributed by atoms with Crippen LogP contribution < -0.4 is 15.2 Å². The highest BCUT2D eigenvalue weighted by molar-refractivity contribution is 7.92. The number of nitrogens with two attached hydrogens (primary N) is 1. The standard InChI is InChI=1S/C16H15F3N4O3S/c1-26-12-7-4-10(20)8-13(12)27(24,25)23-11-5-2-9(3-6-11)14(15-21-22-15)16(17,18)19/h2-8,14-15,23H,20H2,1H3. The number of halogens is 3. The molecule has 0 bridgehead atoms. The van der Waals surface area contributed by atoms with Crippen LogP contribution in [0.15, 0.2) is 57.6 Å². The van der Waals surface area contributed by atoms with Crippen molar-refractivity contribution in [1.29, 1.82) is 0 Å². The minimum atomic E-state index is -4.51. The van der Waals surface area contributed by atoms with Crippen LogP contribution in [-0.4, -0.2) is 27.9 Å². The Hall–Kier alpha value is -2.82. The molecule has 0 aromatic heterocycles. The fourth-order valence-electron chi connectivity index (χ4n) is 2.57. The van der Waals surface area contributed by atoms with Gasteiger partial charge in [0.15, 0.2) is 6.17 Å². The molecule has 1 aliphatic rings. The third kappa shape index (κ3) is 4.13. The van der Waals surface area contributed by atoms with Crippen molar-refractivity contribution in [1.82, 2.24) is 0 Å². The largest absolute Gasteiger partial charge is 0.495 e. The first-order valence-electron chi connectivity index (χ1n) is 7.65. The molecule has 0 fully saturated rings. The number of alkyl halides is 3.